The molecule has 16 heavy (non-hydrogen) atoms. The summed E-state index contributed by atoms with van der Waals surface area (Å²) in [4.78, 5) is 13.3. The van der Waals surface area contributed by atoms with E-state index in [1.807, 2.05) is 18.2 Å². The third-order valence-electron chi connectivity index (χ3n) is 3.02. The van der Waals surface area contributed by atoms with Gasteiger partial charge in [0.05, 0.1) is 0 Å². The molecule has 0 saturated carbocycles. The summed E-state index contributed by atoms with van der Waals surface area (Å²) in [5.41, 5.74) is 6.53. The fraction of sp³-hybridized carbons (Fsp3) is 0.417. The van der Waals surface area contributed by atoms with Crippen molar-refractivity contribution < 1.29 is 4.79 Å². The van der Waals surface area contributed by atoms with Gasteiger partial charge in [-0.1, -0.05) is 18.2 Å². The van der Waals surface area contributed by atoms with Crippen LogP contribution in [0.3, 0.4) is 0 Å². The second-order valence-electron chi connectivity index (χ2n) is 4.00. The van der Waals surface area contributed by atoms with Crippen molar-refractivity contribution in [3.8, 4) is 0 Å². The van der Waals surface area contributed by atoms with Gasteiger partial charge in [-0.25, -0.2) is 0 Å². The van der Waals surface area contributed by atoms with Gasteiger partial charge in [-0.3, -0.25) is 4.79 Å². The number of amides is 1. The van der Waals surface area contributed by atoms with Gasteiger partial charge in [0.1, 0.15) is 0 Å². The van der Waals surface area contributed by atoms with E-state index in [4.69, 9.17) is 5.73 Å². The lowest BCUT2D eigenvalue weighted by atomic mass is 9.96. The number of rotatable bonds is 2. The Hall–Kier alpha value is -1.22. The summed E-state index contributed by atoms with van der Waals surface area (Å²) < 4.78 is 0. The first kappa shape index (κ1) is 12.8. The highest BCUT2D eigenvalue weighted by molar-refractivity contribution is 5.85. The van der Waals surface area contributed by atoms with Gasteiger partial charge < -0.3 is 10.6 Å². The molecular formula is C12H17ClN2O. The summed E-state index contributed by atoms with van der Waals surface area (Å²) in [6.07, 6.45) is 1.76. The maximum absolute atomic E-state index is 11.0. The van der Waals surface area contributed by atoms with Crippen molar-refractivity contribution >= 4 is 24.0 Å². The van der Waals surface area contributed by atoms with Crippen LogP contribution in [-0.4, -0.2) is 19.0 Å². The van der Waals surface area contributed by atoms with Crippen LogP contribution < -0.4 is 10.6 Å². The van der Waals surface area contributed by atoms with Crippen LogP contribution >= 0.6 is 12.4 Å². The number of benzene rings is 1. The van der Waals surface area contributed by atoms with Crippen molar-refractivity contribution in [3.05, 3.63) is 30.3 Å². The first-order valence-corrected chi connectivity index (χ1v) is 5.36. The maximum Gasteiger partial charge on any atom is 0.220 e. The minimum atomic E-state index is -0.150. The molecule has 2 N–H and O–H groups in total. The highest BCUT2D eigenvalue weighted by Crippen LogP contribution is 2.22. The fourth-order valence-electron chi connectivity index (χ4n) is 2.06. The lowest BCUT2D eigenvalue weighted by molar-refractivity contribution is -0.122. The van der Waals surface area contributed by atoms with E-state index >= 15 is 0 Å². The van der Waals surface area contributed by atoms with Gasteiger partial charge >= 0.3 is 0 Å². The fourth-order valence-corrected chi connectivity index (χ4v) is 2.06. The van der Waals surface area contributed by atoms with Gasteiger partial charge in [-0.2, -0.15) is 0 Å². The molecule has 2 rings (SSSR count). The molecule has 1 fully saturated rings. The normalized spacial score (nSPS) is 16.6. The van der Waals surface area contributed by atoms with Crippen molar-refractivity contribution in [3.63, 3.8) is 0 Å². The van der Waals surface area contributed by atoms with E-state index in [-0.39, 0.29) is 24.2 Å². The van der Waals surface area contributed by atoms with Crippen LogP contribution in [0.25, 0.3) is 0 Å². The molecule has 1 aromatic carbocycles. The summed E-state index contributed by atoms with van der Waals surface area (Å²) in [5.74, 6) is -0.0762. The van der Waals surface area contributed by atoms with Gasteiger partial charge in [0.2, 0.25) is 5.91 Å². The van der Waals surface area contributed by atoms with E-state index in [2.05, 4.69) is 17.0 Å². The molecule has 0 atom stereocenters. The van der Waals surface area contributed by atoms with Crippen LogP contribution in [0.1, 0.15) is 12.8 Å². The predicted molar refractivity (Wildman–Crippen MR) is 67.8 cm³/mol. The van der Waals surface area contributed by atoms with E-state index in [0.29, 0.717) is 0 Å². The molecule has 4 heteroatoms. The summed E-state index contributed by atoms with van der Waals surface area (Å²) in [6.45, 7) is 1.86. The summed E-state index contributed by atoms with van der Waals surface area (Å²) in [7, 11) is 0. The van der Waals surface area contributed by atoms with Gasteiger partial charge in [-0.05, 0) is 25.0 Å². The number of piperidine rings is 1. The number of nitrogens with zero attached hydrogens (tertiary/aromatic N) is 1. The van der Waals surface area contributed by atoms with Gasteiger partial charge in [-0.15, -0.1) is 12.4 Å². The minimum Gasteiger partial charge on any atom is -0.371 e. The Morgan fingerprint density at radius 3 is 2.25 bits per heavy atom. The average Bonchev–Trinajstić information content (AvgIpc) is 2.30. The molecule has 0 aliphatic carbocycles. The van der Waals surface area contributed by atoms with Crippen LogP contribution in [0.4, 0.5) is 5.69 Å². The second-order valence-corrected chi connectivity index (χ2v) is 4.00. The van der Waals surface area contributed by atoms with Crippen LogP contribution in [-0.2, 0) is 4.79 Å². The molecule has 0 unspecified atom stereocenters. The van der Waals surface area contributed by atoms with Crippen LogP contribution in [0.5, 0.6) is 0 Å². The lowest BCUT2D eigenvalue weighted by Gasteiger charge is -2.32. The Bertz CT molecular complexity index is 334. The molecule has 1 heterocycles. The smallest absolute Gasteiger partial charge is 0.220 e. The summed E-state index contributed by atoms with van der Waals surface area (Å²) in [6, 6.07) is 10.3. The third-order valence-corrected chi connectivity index (χ3v) is 3.02. The molecule has 1 aromatic rings. The standard InChI is InChI=1S/C12H16N2O.ClH/c13-12(15)10-6-8-14(9-7-10)11-4-2-1-3-5-11;/h1-5,10H,6-9H2,(H2,13,15);1H. The molecule has 88 valence electrons. The summed E-state index contributed by atoms with van der Waals surface area (Å²) >= 11 is 0. The Labute approximate surface area is 102 Å². The molecule has 1 saturated heterocycles. The predicted octanol–water partition coefficient (Wildman–Crippen LogP) is 1.81. The Morgan fingerprint density at radius 1 is 1.19 bits per heavy atom. The molecule has 1 aliphatic heterocycles. The number of halogens is 1. The van der Waals surface area contributed by atoms with Gasteiger partial charge in [0.25, 0.3) is 0 Å². The van der Waals surface area contributed by atoms with E-state index in [1.165, 1.54) is 5.69 Å². The van der Waals surface area contributed by atoms with E-state index < -0.39 is 0 Å². The lowest BCUT2D eigenvalue weighted by Crippen LogP contribution is -2.38. The van der Waals surface area contributed by atoms with Crippen molar-refractivity contribution in [2.45, 2.75) is 12.8 Å². The van der Waals surface area contributed by atoms with Crippen molar-refractivity contribution in [1.82, 2.24) is 0 Å². The van der Waals surface area contributed by atoms with Gasteiger partial charge in [0, 0.05) is 24.7 Å². The minimum absolute atomic E-state index is 0. The quantitative estimate of drug-likeness (QED) is 0.857. The molecule has 0 bridgehead atoms. The monoisotopic (exact) mass is 240 g/mol. The number of carbonyl (C=O) groups excluding carboxylic acids is 1. The van der Waals surface area contributed by atoms with Crippen LogP contribution in [0.2, 0.25) is 0 Å². The van der Waals surface area contributed by atoms with Gasteiger partial charge in [0.15, 0.2) is 0 Å². The zero-order chi connectivity index (χ0) is 10.7. The number of nitrogens with two attached hydrogens (primary N) is 1. The van der Waals surface area contributed by atoms with Crippen molar-refractivity contribution in [1.29, 1.82) is 0 Å². The van der Waals surface area contributed by atoms with E-state index in [0.717, 1.165) is 25.9 Å². The Morgan fingerprint density at radius 2 is 1.75 bits per heavy atom. The average molecular weight is 241 g/mol. The number of hydrogen-bond donors (Lipinski definition) is 1. The van der Waals surface area contributed by atoms with Crippen molar-refractivity contribution in [2.24, 2.45) is 11.7 Å². The number of primary amides is 1. The maximum atomic E-state index is 11.0. The highest BCUT2D eigenvalue weighted by Gasteiger charge is 2.22. The van der Waals surface area contributed by atoms with E-state index in [1.54, 1.807) is 0 Å². The zero-order valence-corrected chi connectivity index (χ0v) is 9.95. The van der Waals surface area contributed by atoms with Crippen molar-refractivity contribution in [2.75, 3.05) is 18.0 Å². The van der Waals surface area contributed by atoms with Crippen LogP contribution in [0.15, 0.2) is 30.3 Å². The second kappa shape index (κ2) is 5.75. The topological polar surface area (TPSA) is 46.3 Å². The molecule has 0 aromatic heterocycles. The molecular weight excluding hydrogens is 224 g/mol. The number of anilines is 1. The SMILES string of the molecule is Cl.NC(=O)C1CCN(c2ccccc2)CC1. The Balaban J connectivity index is 0.00000128. The first-order chi connectivity index (χ1) is 7.27. The molecule has 1 amide bonds. The molecule has 0 radical (unpaired) electrons. The van der Waals surface area contributed by atoms with Crippen LogP contribution in [0, 0.1) is 5.92 Å². The zero-order valence-electron chi connectivity index (χ0n) is 9.13. The van der Waals surface area contributed by atoms with E-state index in [9.17, 15) is 4.79 Å². The number of para-hydroxylation sites is 1. The first-order valence-electron chi connectivity index (χ1n) is 5.36. The summed E-state index contributed by atoms with van der Waals surface area (Å²) in [5, 5.41) is 0. The molecule has 0 spiro atoms. The third kappa shape index (κ3) is 2.89. The Kier molecular flexibility index (Phi) is 4.62. The molecule has 1 aliphatic rings. The number of hydrogen-bond acceptors (Lipinski definition) is 2. The molecule has 3 nitrogen and oxygen atoms in total. The number of carbonyl (C=O) groups is 1. The highest BCUT2D eigenvalue weighted by atomic mass is 35.5. The largest absolute Gasteiger partial charge is 0.371 e.